The smallest absolute Gasteiger partial charge is 0.129 e. The van der Waals surface area contributed by atoms with E-state index in [1.165, 1.54) is 6.26 Å². The Kier molecular flexibility index (Phi) is 1.09. The minimum Gasteiger partial charge on any atom is -0.328 e. The maximum atomic E-state index is 4.22. The number of hydrogen-bond acceptors (Lipinski definition) is 3. The van der Waals surface area contributed by atoms with Gasteiger partial charge < -0.3 is 4.89 Å². The molecule has 1 heterocycles. The van der Waals surface area contributed by atoms with E-state index in [0.717, 1.165) is 0 Å². The number of hydrogen-bond donors (Lipinski definition) is 1. The van der Waals surface area contributed by atoms with Gasteiger partial charge in [0.25, 0.3) is 0 Å². The monoisotopic (exact) mass is 85.0 g/mol. The van der Waals surface area contributed by atoms with Crippen molar-refractivity contribution < 1.29 is 9.88 Å². The highest BCUT2D eigenvalue weighted by Gasteiger charge is 1.86. The van der Waals surface area contributed by atoms with Crippen molar-refractivity contribution >= 4 is 0 Å². The molecule has 2 radical (unpaired) electrons. The number of rotatable bonds is 0. The highest BCUT2D eigenvalue weighted by atomic mass is 17.3. The zero-order chi connectivity index (χ0) is 4.24. The number of nitrogens with one attached hydrogen (secondary N) is 1. The van der Waals surface area contributed by atoms with Gasteiger partial charge in [-0.25, -0.2) is 0 Å². The average molecular weight is 85.1 g/mol. The van der Waals surface area contributed by atoms with E-state index in [1.807, 2.05) is 0 Å². The lowest BCUT2D eigenvalue weighted by molar-refractivity contribution is -0.294. The van der Waals surface area contributed by atoms with Crippen molar-refractivity contribution in [1.29, 1.82) is 0 Å². The van der Waals surface area contributed by atoms with Gasteiger partial charge in [-0.1, -0.05) is 4.99 Å². The van der Waals surface area contributed by atoms with Crippen LogP contribution in [0.15, 0.2) is 12.3 Å². The van der Waals surface area contributed by atoms with Gasteiger partial charge in [0.1, 0.15) is 12.8 Å². The Hall–Kier alpha value is -0.540. The van der Waals surface area contributed by atoms with E-state index >= 15 is 0 Å². The van der Waals surface area contributed by atoms with Crippen LogP contribution in [0.1, 0.15) is 0 Å². The van der Waals surface area contributed by atoms with Crippen molar-refractivity contribution in [3.05, 3.63) is 18.9 Å². The molecule has 32 valence electrons. The second-order valence-electron chi connectivity index (χ2n) is 0.729. The second-order valence-corrected chi connectivity index (χ2v) is 0.729. The summed E-state index contributed by atoms with van der Waals surface area (Å²) in [5, 5.41) is 0. The molecule has 0 spiro atoms. The molecule has 6 heavy (non-hydrogen) atoms. The predicted octanol–water partition coefficient (Wildman–Crippen LogP) is 0.00529. The maximum Gasteiger partial charge on any atom is 0.129 e. The lowest BCUT2D eigenvalue weighted by atomic mass is 10.6. The van der Waals surface area contributed by atoms with Gasteiger partial charge in [0, 0.05) is 0 Å². The first-order chi connectivity index (χ1) is 3.00. The molecule has 0 fully saturated rings. The fourth-order valence-electron chi connectivity index (χ4n) is 0.172. The molecule has 0 aromatic heterocycles. The SMILES string of the molecule is [C]1C=COON1. The minimum absolute atomic E-state index is 1.37. The third-order valence-electron chi connectivity index (χ3n) is 0.356. The quantitative estimate of drug-likeness (QED) is 0.420. The Morgan fingerprint density at radius 1 is 1.67 bits per heavy atom. The van der Waals surface area contributed by atoms with Crippen molar-refractivity contribution in [2.45, 2.75) is 0 Å². The third kappa shape index (κ3) is 0.702. The summed E-state index contributed by atoms with van der Waals surface area (Å²) in [6, 6.07) is 0. The van der Waals surface area contributed by atoms with Crippen molar-refractivity contribution in [3.8, 4) is 0 Å². The van der Waals surface area contributed by atoms with Crippen LogP contribution in [0.3, 0.4) is 0 Å². The largest absolute Gasteiger partial charge is 0.328 e. The number of hydroxylamine groups is 1. The Morgan fingerprint density at radius 3 is 2.83 bits per heavy atom. The average Bonchev–Trinajstić information content (AvgIpc) is 1.72. The molecule has 0 aromatic rings. The molecule has 0 unspecified atom stereocenters. The van der Waals surface area contributed by atoms with Crippen molar-refractivity contribution in [1.82, 2.24) is 5.48 Å². The molecule has 1 aliphatic rings. The van der Waals surface area contributed by atoms with Crippen LogP contribution in [0.5, 0.6) is 0 Å². The van der Waals surface area contributed by atoms with E-state index in [1.54, 1.807) is 6.08 Å². The van der Waals surface area contributed by atoms with Gasteiger partial charge in [-0.15, -0.1) is 5.48 Å². The summed E-state index contributed by atoms with van der Waals surface area (Å²) < 4.78 is 0. The van der Waals surface area contributed by atoms with Crippen LogP contribution in [0.25, 0.3) is 0 Å². The highest BCUT2D eigenvalue weighted by molar-refractivity contribution is 4.86. The molecule has 0 amide bonds. The third-order valence-corrected chi connectivity index (χ3v) is 0.356. The van der Waals surface area contributed by atoms with Crippen LogP contribution in [0.4, 0.5) is 0 Å². The molecule has 0 atom stereocenters. The molecule has 0 bridgehead atoms. The minimum atomic E-state index is 1.37. The van der Waals surface area contributed by atoms with Gasteiger partial charge in [-0.2, -0.15) is 0 Å². The first-order valence-corrected chi connectivity index (χ1v) is 1.48. The lowest BCUT2D eigenvalue weighted by Crippen LogP contribution is -2.11. The van der Waals surface area contributed by atoms with E-state index < -0.39 is 0 Å². The van der Waals surface area contributed by atoms with Crippen LogP contribution < -0.4 is 5.48 Å². The second kappa shape index (κ2) is 1.79. The fraction of sp³-hybridized carbons (Fsp3) is 0. The molecule has 0 saturated carbocycles. The molecule has 0 saturated heterocycles. The summed E-state index contributed by atoms with van der Waals surface area (Å²) in [5.41, 5.74) is 2.23. The Bertz CT molecular complexity index is 53.8. The topological polar surface area (TPSA) is 30.5 Å². The molecular formula is C3H3NO2. The normalized spacial score (nSPS) is 20.0. The molecule has 0 aromatic carbocycles. The van der Waals surface area contributed by atoms with Gasteiger partial charge >= 0.3 is 0 Å². The summed E-state index contributed by atoms with van der Waals surface area (Å²) >= 11 is 0. The van der Waals surface area contributed by atoms with Gasteiger partial charge in [0.2, 0.25) is 0 Å². The van der Waals surface area contributed by atoms with Gasteiger partial charge in [-0.05, 0) is 6.08 Å². The molecule has 1 N–H and O–H groups in total. The summed E-state index contributed by atoms with van der Waals surface area (Å²) in [4.78, 5) is 8.34. The molecular weight excluding hydrogens is 82.0 g/mol. The van der Waals surface area contributed by atoms with Crippen LogP contribution in [0.2, 0.25) is 0 Å². The first-order valence-electron chi connectivity index (χ1n) is 1.48. The van der Waals surface area contributed by atoms with Crippen LogP contribution >= 0.6 is 0 Å². The van der Waals surface area contributed by atoms with Crippen LogP contribution in [0, 0.1) is 6.54 Å². The molecule has 0 aliphatic carbocycles. The Labute approximate surface area is 35.4 Å². The van der Waals surface area contributed by atoms with Crippen molar-refractivity contribution in [2.24, 2.45) is 0 Å². The lowest BCUT2D eigenvalue weighted by Gasteiger charge is -2.00. The van der Waals surface area contributed by atoms with E-state index in [2.05, 4.69) is 21.9 Å². The highest BCUT2D eigenvalue weighted by Crippen LogP contribution is 1.85. The zero-order valence-electron chi connectivity index (χ0n) is 2.97. The van der Waals surface area contributed by atoms with Gasteiger partial charge in [0.05, 0.1) is 0 Å². The zero-order valence-corrected chi connectivity index (χ0v) is 2.97. The molecule has 1 rings (SSSR count). The predicted molar refractivity (Wildman–Crippen MR) is 17.7 cm³/mol. The molecule has 1 aliphatic heterocycles. The van der Waals surface area contributed by atoms with Crippen LogP contribution in [-0.4, -0.2) is 0 Å². The van der Waals surface area contributed by atoms with E-state index in [4.69, 9.17) is 0 Å². The van der Waals surface area contributed by atoms with Crippen molar-refractivity contribution in [3.63, 3.8) is 0 Å². The van der Waals surface area contributed by atoms with E-state index in [0.29, 0.717) is 0 Å². The Balaban J connectivity index is 2.26. The Morgan fingerprint density at radius 2 is 2.67 bits per heavy atom. The van der Waals surface area contributed by atoms with Gasteiger partial charge in [-0.3, -0.25) is 0 Å². The summed E-state index contributed by atoms with van der Waals surface area (Å²) in [6.45, 7) is 2.51. The van der Waals surface area contributed by atoms with E-state index in [9.17, 15) is 0 Å². The maximum absolute atomic E-state index is 4.22. The fourth-order valence-corrected chi connectivity index (χ4v) is 0.172. The van der Waals surface area contributed by atoms with Gasteiger partial charge in [0.15, 0.2) is 0 Å². The van der Waals surface area contributed by atoms with E-state index in [-0.39, 0.29) is 0 Å². The van der Waals surface area contributed by atoms with Crippen molar-refractivity contribution in [2.75, 3.05) is 0 Å². The standard InChI is InChI=1S/C3H3NO2/c1-2-4-6-5-3-1/h1,3-4H. The summed E-state index contributed by atoms with van der Waals surface area (Å²) in [5.74, 6) is 0. The molecule has 3 heteroatoms. The first kappa shape index (κ1) is 3.64. The molecule has 3 nitrogen and oxygen atoms in total. The summed E-state index contributed by atoms with van der Waals surface area (Å²) in [6.07, 6.45) is 2.93. The van der Waals surface area contributed by atoms with Crippen LogP contribution in [-0.2, 0) is 9.88 Å². The summed E-state index contributed by atoms with van der Waals surface area (Å²) in [7, 11) is 0.